The second kappa shape index (κ2) is 6.94. The van der Waals surface area contributed by atoms with Crippen LogP contribution in [0.25, 0.3) is 0 Å². The molecule has 0 spiro atoms. The van der Waals surface area contributed by atoms with Crippen molar-refractivity contribution in [1.29, 1.82) is 0 Å². The van der Waals surface area contributed by atoms with Gasteiger partial charge < -0.3 is 10.2 Å². The minimum absolute atomic E-state index is 0. The first-order chi connectivity index (χ1) is 3.27. The van der Waals surface area contributed by atoms with Gasteiger partial charge in [-0.05, 0) is 6.42 Å². The maximum absolute atomic E-state index is 9.65. The SMILES string of the molecule is O=C(O)CCCO.[Co]. The summed E-state index contributed by atoms with van der Waals surface area (Å²) in [5, 5.41) is 16.0. The molecule has 0 atom stereocenters. The minimum Gasteiger partial charge on any atom is -0.481 e. The van der Waals surface area contributed by atoms with Crippen molar-refractivity contribution in [2.75, 3.05) is 6.61 Å². The van der Waals surface area contributed by atoms with Gasteiger partial charge in [-0.1, -0.05) is 0 Å². The van der Waals surface area contributed by atoms with Crippen molar-refractivity contribution in [1.82, 2.24) is 0 Å². The number of hydrogen-bond acceptors (Lipinski definition) is 2. The van der Waals surface area contributed by atoms with Crippen molar-refractivity contribution in [2.45, 2.75) is 12.8 Å². The molecule has 0 rings (SSSR count). The van der Waals surface area contributed by atoms with Gasteiger partial charge >= 0.3 is 5.97 Å². The molecule has 0 saturated heterocycles. The van der Waals surface area contributed by atoms with Gasteiger partial charge in [0.05, 0.1) is 0 Å². The van der Waals surface area contributed by atoms with Crippen LogP contribution in [-0.2, 0) is 21.6 Å². The number of carbonyl (C=O) groups is 1. The monoisotopic (exact) mass is 163 g/mol. The molecule has 0 aromatic carbocycles. The third-order valence-electron chi connectivity index (χ3n) is 0.549. The molecule has 0 fully saturated rings. The van der Waals surface area contributed by atoms with Crippen LogP contribution < -0.4 is 0 Å². The topological polar surface area (TPSA) is 57.5 Å². The van der Waals surface area contributed by atoms with Crippen molar-refractivity contribution < 1.29 is 31.8 Å². The fraction of sp³-hybridized carbons (Fsp3) is 0.750. The van der Waals surface area contributed by atoms with Crippen LogP contribution >= 0.6 is 0 Å². The molecule has 0 aliphatic rings. The van der Waals surface area contributed by atoms with E-state index < -0.39 is 5.97 Å². The summed E-state index contributed by atoms with van der Waals surface area (Å²) in [6, 6.07) is 0. The fourth-order valence-corrected chi connectivity index (χ4v) is 0.230. The largest absolute Gasteiger partial charge is 0.481 e. The Hall–Kier alpha value is -0.0635. The van der Waals surface area contributed by atoms with Crippen LogP contribution in [0.3, 0.4) is 0 Å². The van der Waals surface area contributed by atoms with Crippen molar-refractivity contribution in [2.24, 2.45) is 0 Å². The van der Waals surface area contributed by atoms with Crippen molar-refractivity contribution in [3.8, 4) is 0 Å². The average molecular weight is 163 g/mol. The normalized spacial score (nSPS) is 7.62. The molecule has 0 amide bonds. The van der Waals surface area contributed by atoms with Gasteiger partial charge in [-0.2, -0.15) is 0 Å². The van der Waals surface area contributed by atoms with Crippen LogP contribution in [0.4, 0.5) is 0 Å². The van der Waals surface area contributed by atoms with Gasteiger partial charge in [0.2, 0.25) is 0 Å². The Morgan fingerprint density at radius 1 is 1.50 bits per heavy atom. The van der Waals surface area contributed by atoms with Crippen LogP contribution in [0, 0.1) is 0 Å². The number of carboxylic acid groups (broad SMARTS) is 1. The van der Waals surface area contributed by atoms with Crippen LogP contribution in [0.15, 0.2) is 0 Å². The van der Waals surface area contributed by atoms with Gasteiger partial charge in [0.1, 0.15) is 0 Å². The first-order valence-electron chi connectivity index (χ1n) is 2.10. The van der Waals surface area contributed by atoms with E-state index in [-0.39, 0.29) is 29.8 Å². The molecule has 8 heavy (non-hydrogen) atoms. The zero-order valence-electron chi connectivity index (χ0n) is 4.26. The maximum atomic E-state index is 9.65. The molecule has 0 saturated carbocycles. The summed E-state index contributed by atoms with van der Waals surface area (Å²) >= 11 is 0. The smallest absolute Gasteiger partial charge is 0.303 e. The molecule has 3 nitrogen and oxygen atoms in total. The van der Waals surface area contributed by atoms with Gasteiger partial charge in [0.25, 0.3) is 0 Å². The fourth-order valence-electron chi connectivity index (χ4n) is 0.230. The molecular formula is C4H8CoO3. The first kappa shape index (κ1) is 10.8. The Bertz CT molecular complexity index is 64.3. The van der Waals surface area contributed by atoms with Gasteiger partial charge in [0.15, 0.2) is 0 Å². The number of rotatable bonds is 3. The van der Waals surface area contributed by atoms with Gasteiger partial charge in [-0.25, -0.2) is 0 Å². The number of aliphatic hydroxyl groups is 1. The number of hydrogen-bond donors (Lipinski definition) is 2. The Labute approximate surface area is 57.9 Å². The Balaban J connectivity index is 0. The van der Waals surface area contributed by atoms with Crippen molar-refractivity contribution in [3.63, 3.8) is 0 Å². The molecule has 0 aliphatic carbocycles. The Kier molecular flexibility index (Phi) is 9.40. The number of carboxylic acids is 1. The third-order valence-corrected chi connectivity index (χ3v) is 0.549. The van der Waals surface area contributed by atoms with Crippen LogP contribution in [0.5, 0.6) is 0 Å². The standard InChI is InChI=1S/C4H8O3.Co/c5-3-1-2-4(6)7;/h5H,1-3H2,(H,6,7);. The Morgan fingerprint density at radius 3 is 2.12 bits per heavy atom. The molecule has 0 aliphatic heterocycles. The zero-order chi connectivity index (χ0) is 5.70. The summed E-state index contributed by atoms with van der Waals surface area (Å²) in [5.74, 6) is -0.853. The molecule has 0 unspecified atom stereocenters. The Morgan fingerprint density at radius 2 is 2.00 bits per heavy atom. The minimum atomic E-state index is -0.853. The van der Waals surface area contributed by atoms with Crippen LogP contribution in [-0.4, -0.2) is 22.8 Å². The quantitative estimate of drug-likeness (QED) is 0.607. The zero-order valence-corrected chi connectivity index (χ0v) is 5.30. The van der Waals surface area contributed by atoms with E-state index in [9.17, 15) is 4.79 Å². The second-order valence-corrected chi connectivity index (χ2v) is 1.22. The second-order valence-electron chi connectivity index (χ2n) is 1.22. The summed E-state index contributed by atoms with van der Waals surface area (Å²) in [4.78, 5) is 9.65. The molecule has 0 aromatic heterocycles. The predicted octanol–water partition coefficient (Wildman–Crippen LogP) is -0.159. The molecule has 2 N–H and O–H groups in total. The van der Waals surface area contributed by atoms with Gasteiger partial charge in [-0.3, -0.25) is 4.79 Å². The summed E-state index contributed by atoms with van der Waals surface area (Å²) in [5.41, 5.74) is 0. The van der Waals surface area contributed by atoms with E-state index in [1.54, 1.807) is 0 Å². The van der Waals surface area contributed by atoms with E-state index in [2.05, 4.69) is 0 Å². The van der Waals surface area contributed by atoms with E-state index in [0.717, 1.165) is 0 Å². The summed E-state index contributed by atoms with van der Waals surface area (Å²) in [6.45, 7) is -0.0354. The number of aliphatic hydroxyl groups excluding tert-OH is 1. The van der Waals surface area contributed by atoms with Gasteiger partial charge in [-0.15, -0.1) is 0 Å². The molecule has 0 bridgehead atoms. The van der Waals surface area contributed by atoms with E-state index in [1.807, 2.05) is 0 Å². The maximum Gasteiger partial charge on any atom is 0.303 e. The summed E-state index contributed by atoms with van der Waals surface area (Å²) in [6.07, 6.45) is 0.422. The van der Waals surface area contributed by atoms with Crippen molar-refractivity contribution >= 4 is 5.97 Å². The van der Waals surface area contributed by atoms with E-state index >= 15 is 0 Å². The summed E-state index contributed by atoms with van der Waals surface area (Å²) in [7, 11) is 0. The summed E-state index contributed by atoms with van der Waals surface area (Å²) < 4.78 is 0. The molecule has 51 valence electrons. The van der Waals surface area contributed by atoms with Crippen LogP contribution in [0.1, 0.15) is 12.8 Å². The van der Waals surface area contributed by atoms with E-state index in [4.69, 9.17) is 10.2 Å². The molecule has 4 heteroatoms. The van der Waals surface area contributed by atoms with Gasteiger partial charge in [0, 0.05) is 29.8 Å². The van der Waals surface area contributed by atoms with Crippen molar-refractivity contribution in [3.05, 3.63) is 0 Å². The molecule has 0 heterocycles. The first-order valence-corrected chi connectivity index (χ1v) is 2.10. The molecule has 0 aromatic rings. The molecular weight excluding hydrogens is 155 g/mol. The van der Waals surface area contributed by atoms with Crippen LogP contribution in [0.2, 0.25) is 0 Å². The third kappa shape index (κ3) is 9.34. The predicted molar refractivity (Wildman–Crippen MR) is 24.0 cm³/mol. The average Bonchev–Trinajstić information content (AvgIpc) is 1.61. The van der Waals surface area contributed by atoms with E-state index in [1.165, 1.54) is 0 Å². The van der Waals surface area contributed by atoms with E-state index in [0.29, 0.717) is 6.42 Å². The number of aliphatic carboxylic acids is 1. The molecule has 1 radical (unpaired) electrons.